The van der Waals surface area contributed by atoms with E-state index in [0.29, 0.717) is 0 Å². The molecular weight excluding hydrogens is 388 g/mol. The number of para-hydroxylation sites is 1. The van der Waals surface area contributed by atoms with Crippen LogP contribution in [0.25, 0.3) is 0 Å². The minimum absolute atomic E-state index is 0.0532. The van der Waals surface area contributed by atoms with Crippen LogP contribution >= 0.6 is 11.8 Å². The molecule has 1 aliphatic heterocycles. The van der Waals surface area contributed by atoms with Crippen molar-refractivity contribution in [2.24, 2.45) is 0 Å². The van der Waals surface area contributed by atoms with Crippen molar-refractivity contribution in [1.82, 2.24) is 10.3 Å². The van der Waals surface area contributed by atoms with Gasteiger partial charge in [-0.3, -0.25) is 25.1 Å². The third-order valence-electron chi connectivity index (χ3n) is 4.44. The third kappa shape index (κ3) is 5.08. The lowest BCUT2D eigenvalue weighted by Crippen LogP contribution is -2.38. The number of amides is 3. The van der Waals surface area contributed by atoms with Crippen LogP contribution in [-0.2, 0) is 14.4 Å². The average Bonchev–Trinajstić information content (AvgIpc) is 2.98. The van der Waals surface area contributed by atoms with Crippen LogP contribution in [0.5, 0.6) is 0 Å². The number of benzene rings is 2. The Morgan fingerprint density at radius 2 is 1.72 bits per heavy atom. The molecule has 7 nitrogen and oxygen atoms in total. The molecule has 0 spiro atoms. The molecule has 0 aromatic heterocycles. The Balaban J connectivity index is 1.84. The summed E-state index contributed by atoms with van der Waals surface area (Å²) in [7, 11) is 3.94. The first kappa shape index (κ1) is 20.7. The van der Waals surface area contributed by atoms with E-state index in [1.165, 1.54) is 18.7 Å². The summed E-state index contributed by atoms with van der Waals surface area (Å²) in [5.74, 6) is -1.08. The molecule has 0 radical (unpaired) electrons. The summed E-state index contributed by atoms with van der Waals surface area (Å²) >= 11 is 1.40. The van der Waals surface area contributed by atoms with Gasteiger partial charge in [-0.1, -0.05) is 30.3 Å². The van der Waals surface area contributed by atoms with E-state index < -0.39 is 17.1 Å². The summed E-state index contributed by atoms with van der Waals surface area (Å²) in [5.41, 5.74) is 5.97. The number of rotatable bonds is 6. The van der Waals surface area contributed by atoms with Gasteiger partial charge in [-0.15, -0.1) is 11.8 Å². The third-order valence-corrected chi connectivity index (χ3v) is 5.88. The molecule has 1 heterocycles. The summed E-state index contributed by atoms with van der Waals surface area (Å²) in [6.07, 6.45) is -0.0532. The van der Waals surface area contributed by atoms with Gasteiger partial charge >= 0.3 is 0 Å². The van der Waals surface area contributed by atoms with Crippen molar-refractivity contribution in [2.75, 3.05) is 24.4 Å². The molecule has 3 amide bonds. The van der Waals surface area contributed by atoms with Crippen molar-refractivity contribution >= 4 is 40.9 Å². The van der Waals surface area contributed by atoms with Crippen LogP contribution in [0.15, 0.2) is 54.6 Å². The minimum atomic E-state index is -0.580. The first-order valence-corrected chi connectivity index (χ1v) is 10.2. The lowest BCUT2D eigenvalue weighted by Gasteiger charge is -2.26. The molecule has 0 aliphatic carbocycles. The lowest BCUT2D eigenvalue weighted by molar-refractivity contribution is -0.133. The second-order valence-corrected chi connectivity index (χ2v) is 8.25. The molecule has 2 N–H and O–H groups in total. The summed E-state index contributed by atoms with van der Waals surface area (Å²) in [4.78, 5) is 38.2. The number of nitrogens with zero attached hydrogens (tertiary/aromatic N) is 2. The maximum atomic E-state index is 13.1. The Kier molecular flexibility index (Phi) is 6.43. The normalized spacial score (nSPS) is 18.4. The fraction of sp³-hybridized carbons (Fsp3) is 0.286. The number of hydrogen-bond donors (Lipinski definition) is 2. The Morgan fingerprint density at radius 3 is 2.31 bits per heavy atom. The first-order chi connectivity index (χ1) is 13.8. The molecule has 0 bridgehead atoms. The minimum Gasteiger partial charge on any atom is -0.378 e. The molecule has 2 aromatic carbocycles. The molecule has 1 aliphatic rings. The second kappa shape index (κ2) is 9.00. The molecule has 8 heteroatoms. The number of imide groups is 1. The fourth-order valence-electron chi connectivity index (χ4n) is 3.03. The molecular formula is C21H24N4O3S. The number of thioether (sulfide) groups is 1. The topological polar surface area (TPSA) is 81.8 Å². The van der Waals surface area contributed by atoms with Crippen molar-refractivity contribution in [3.8, 4) is 0 Å². The zero-order valence-electron chi connectivity index (χ0n) is 16.6. The number of nitrogens with one attached hydrogen (secondary N) is 2. The maximum Gasteiger partial charge on any atom is 0.256 e. The quantitative estimate of drug-likeness (QED) is 0.759. The number of hydrazine groups is 1. The van der Waals surface area contributed by atoms with E-state index in [0.717, 1.165) is 16.9 Å². The van der Waals surface area contributed by atoms with Gasteiger partial charge in [-0.25, -0.2) is 5.01 Å². The van der Waals surface area contributed by atoms with Crippen molar-refractivity contribution < 1.29 is 14.4 Å². The van der Waals surface area contributed by atoms with Crippen LogP contribution < -0.4 is 15.6 Å². The lowest BCUT2D eigenvalue weighted by atomic mass is 10.2. The van der Waals surface area contributed by atoms with Crippen molar-refractivity contribution in [2.45, 2.75) is 24.0 Å². The van der Waals surface area contributed by atoms with Crippen LogP contribution in [0.1, 0.15) is 24.3 Å². The van der Waals surface area contributed by atoms with Gasteiger partial charge in [-0.05, 0) is 29.8 Å². The van der Waals surface area contributed by atoms with Gasteiger partial charge in [0, 0.05) is 33.1 Å². The number of carbonyl (C=O) groups excluding carboxylic acids is 3. The highest BCUT2D eigenvalue weighted by molar-refractivity contribution is 8.01. The number of anilines is 2. The van der Waals surface area contributed by atoms with Gasteiger partial charge in [0.25, 0.3) is 5.91 Å². The van der Waals surface area contributed by atoms with E-state index in [1.54, 1.807) is 5.01 Å². The molecule has 0 saturated carbocycles. The predicted molar refractivity (Wildman–Crippen MR) is 115 cm³/mol. The SMILES string of the molecule is CC(=O)NC(=O)CC1SC(c2ccc(N(C)C)cc2)N(Nc2ccccc2)C1=O. The second-order valence-electron chi connectivity index (χ2n) is 6.96. The summed E-state index contributed by atoms with van der Waals surface area (Å²) in [6, 6.07) is 17.4. The number of carbonyl (C=O) groups is 3. The fourth-order valence-corrected chi connectivity index (χ4v) is 4.41. The van der Waals surface area contributed by atoms with E-state index in [9.17, 15) is 14.4 Å². The van der Waals surface area contributed by atoms with Gasteiger partial charge in [0.05, 0.1) is 10.9 Å². The maximum absolute atomic E-state index is 13.1. The van der Waals surface area contributed by atoms with Gasteiger partial charge in [-0.2, -0.15) is 0 Å². The van der Waals surface area contributed by atoms with Crippen LogP contribution in [0.3, 0.4) is 0 Å². The monoisotopic (exact) mass is 412 g/mol. The molecule has 1 fully saturated rings. The van der Waals surface area contributed by atoms with Crippen LogP contribution in [-0.4, -0.2) is 42.1 Å². The van der Waals surface area contributed by atoms with E-state index in [1.807, 2.05) is 73.6 Å². The van der Waals surface area contributed by atoms with Gasteiger partial charge in [0.15, 0.2) is 0 Å². The number of hydrogen-bond acceptors (Lipinski definition) is 6. The average molecular weight is 413 g/mol. The predicted octanol–water partition coefficient (Wildman–Crippen LogP) is 2.78. The Morgan fingerprint density at radius 1 is 1.07 bits per heavy atom. The highest BCUT2D eigenvalue weighted by atomic mass is 32.2. The van der Waals surface area contributed by atoms with Crippen LogP contribution in [0, 0.1) is 0 Å². The highest BCUT2D eigenvalue weighted by Gasteiger charge is 2.42. The van der Waals surface area contributed by atoms with Crippen molar-refractivity contribution in [1.29, 1.82) is 0 Å². The largest absolute Gasteiger partial charge is 0.378 e. The summed E-state index contributed by atoms with van der Waals surface area (Å²) in [6.45, 7) is 1.28. The summed E-state index contributed by atoms with van der Waals surface area (Å²) < 4.78 is 0. The summed E-state index contributed by atoms with van der Waals surface area (Å²) in [5, 5.41) is 2.93. The van der Waals surface area contributed by atoms with Crippen molar-refractivity contribution in [3.63, 3.8) is 0 Å². The van der Waals surface area contributed by atoms with E-state index in [4.69, 9.17) is 0 Å². The van der Waals surface area contributed by atoms with E-state index in [-0.39, 0.29) is 17.7 Å². The zero-order chi connectivity index (χ0) is 21.0. The highest BCUT2D eigenvalue weighted by Crippen LogP contribution is 2.44. The molecule has 3 rings (SSSR count). The van der Waals surface area contributed by atoms with E-state index >= 15 is 0 Å². The Labute approximate surface area is 174 Å². The standard InChI is InChI=1S/C21H24N4O3S/c1-14(26)22-19(27)13-18-20(28)25(23-16-7-5-4-6-8-16)21(29-18)15-9-11-17(12-10-15)24(2)3/h4-12,18,21,23H,13H2,1-3H3,(H,22,26,27). The van der Waals surface area contributed by atoms with E-state index in [2.05, 4.69) is 10.7 Å². The molecule has 29 heavy (non-hydrogen) atoms. The smallest absolute Gasteiger partial charge is 0.256 e. The van der Waals surface area contributed by atoms with Gasteiger partial charge < -0.3 is 4.90 Å². The first-order valence-electron chi connectivity index (χ1n) is 9.23. The zero-order valence-corrected chi connectivity index (χ0v) is 17.4. The molecule has 152 valence electrons. The van der Waals surface area contributed by atoms with Crippen LogP contribution in [0.4, 0.5) is 11.4 Å². The van der Waals surface area contributed by atoms with Gasteiger partial charge in [0.2, 0.25) is 11.8 Å². The molecule has 2 aromatic rings. The van der Waals surface area contributed by atoms with Crippen LogP contribution in [0.2, 0.25) is 0 Å². The van der Waals surface area contributed by atoms with Crippen molar-refractivity contribution in [3.05, 3.63) is 60.2 Å². The van der Waals surface area contributed by atoms with Gasteiger partial charge in [0.1, 0.15) is 5.37 Å². The molecule has 2 atom stereocenters. The molecule has 1 saturated heterocycles. The molecule has 2 unspecified atom stereocenters. The Bertz CT molecular complexity index is 887. The Hall–Kier alpha value is -3.00.